The van der Waals surface area contributed by atoms with Gasteiger partial charge in [-0.25, -0.2) is 4.79 Å². The minimum absolute atomic E-state index is 0.149. The van der Waals surface area contributed by atoms with E-state index in [4.69, 9.17) is 4.74 Å². The van der Waals surface area contributed by atoms with Crippen molar-refractivity contribution in [3.05, 3.63) is 24.8 Å². The number of hydrogen-bond acceptors (Lipinski definition) is 3. The van der Waals surface area contributed by atoms with Crippen molar-refractivity contribution in [1.82, 2.24) is 10.6 Å². The number of rotatable bonds is 6. The number of amides is 1. The number of hydrogen-bond donors (Lipinski definition) is 2. The third-order valence-electron chi connectivity index (χ3n) is 1.78. The highest BCUT2D eigenvalue weighted by molar-refractivity contribution is 5.68. The van der Waals surface area contributed by atoms with Crippen LogP contribution >= 0.6 is 0 Å². The summed E-state index contributed by atoms with van der Waals surface area (Å²) in [5.41, 5.74) is 0.561. The fourth-order valence-electron chi connectivity index (χ4n) is 1.09. The molecule has 2 N–H and O–H groups in total. The molecule has 1 atom stereocenters. The van der Waals surface area contributed by atoms with Gasteiger partial charge in [0.25, 0.3) is 0 Å². The van der Waals surface area contributed by atoms with Crippen LogP contribution in [-0.2, 0) is 4.74 Å². The normalized spacial score (nSPS) is 12.7. The molecule has 0 unspecified atom stereocenters. The predicted molar refractivity (Wildman–Crippen MR) is 71.0 cm³/mol. The van der Waals surface area contributed by atoms with Gasteiger partial charge in [0.15, 0.2) is 0 Å². The molecular weight excluding hydrogens is 216 g/mol. The summed E-state index contributed by atoms with van der Waals surface area (Å²) in [6.45, 7) is 16.2. The summed E-state index contributed by atoms with van der Waals surface area (Å²) in [7, 11) is 0. The third-order valence-corrected chi connectivity index (χ3v) is 1.78. The van der Waals surface area contributed by atoms with Crippen LogP contribution < -0.4 is 10.6 Å². The Morgan fingerprint density at radius 2 is 2.06 bits per heavy atom. The molecule has 0 fully saturated rings. The number of carbonyl (C=O) groups is 1. The van der Waals surface area contributed by atoms with Gasteiger partial charge in [0.2, 0.25) is 0 Å². The molecule has 0 aliphatic heterocycles. The van der Waals surface area contributed by atoms with E-state index in [2.05, 4.69) is 23.8 Å². The second-order valence-electron chi connectivity index (χ2n) is 5.08. The van der Waals surface area contributed by atoms with Crippen LogP contribution in [0, 0.1) is 0 Å². The molecule has 1 amide bonds. The standard InChI is InChI=1S/C13H24N2O2/c1-7-11(9-14-8-10(2)3)15-12(16)17-13(4,5)6/h7,11,14H,1-2,8-9H2,3-6H3,(H,15,16)/t11-/m0/s1. The van der Waals surface area contributed by atoms with E-state index in [9.17, 15) is 4.79 Å². The van der Waals surface area contributed by atoms with E-state index in [0.29, 0.717) is 6.54 Å². The van der Waals surface area contributed by atoms with Crippen molar-refractivity contribution >= 4 is 6.09 Å². The van der Waals surface area contributed by atoms with Crippen molar-refractivity contribution < 1.29 is 9.53 Å². The van der Waals surface area contributed by atoms with Gasteiger partial charge in [0.1, 0.15) is 5.60 Å². The van der Waals surface area contributed by atoms with Crippen molar-refractivity contribution in [1.29, 1.82) is 0 Å². The van der Waals surface area contributed by atoms with Crippen LogP contribution in [0.5, 0.6) is 0 Å². The highest BCUT2D eigenvalue weighted by atomic mass is 16.6. The molecular formula is C13H24N2O2. The smallest absolute Gasteiger partial charge is 0.408 e. The van der Waals surface area contributed by atoms with Crippen LogP contribution in [0.3, 0.4) is 0 Å². The summed E-state index contributed by atoms with van der Waals surface area (Å²) >= 11 is 0. The van der Waals surface area contributed by atoms with E-state index in [0.717, 1.165) is 12.1 Å². The van der Waals surface area contributed by atoms with E-state index in [-0.39, 0.29) is 6.04 Å². The van der Waals surface area contributed by atoms with Crippen LogP contribution in [-0.4, -0.2) is 30.8 Å². The van der Waals surface area contributed by atoms with E-state index < -0.39 is 11.7 Å². The largest absolute Gasteiger partial charge is 0.444 e. The fraction of sp³-hybridized carbons (Fsp3) is 0.615. The zero-order chi connectivity index (χ0) is 13.5. The third kappa shape index (κ3) is 9.63. The number of ether oxygens (including phenoxy) is 1. The zero-order valence-electron chi connectivity index (χ0n) is 11.3. The maximum atomic E-state index is 11.5. The molecule has 17 heavy (non-hydrogen) atoms. The quantitative estimate of drug-likeness (QED) is 0.700. The summed E-state index contributed by atoms with van der Waals surface area (Å²) in [6, 6.07) is -0.149. The number of alkyl carbamates (subject to hydrolysis) is 1. The molecule has 0 heterocycles. The first-order valence-electron chi connectivity index (χ1n) is 5.72. The van der Waals surface area contributed by atoms with Gasteiger partial charge in [0.05, 0.1) is 6.04 Å². The molecule has 0 aromatic rings. The summed E-state index contributed by atoms with van der Waals surface area (Å²) < 4.78 is 5.15. The molecule has 0 aromatic carbocycles. The van der Waals surface area contributed by atoms with Crippen molar-refractivity contribution in [3.8, 4) is 0 Å². The molecule has 0 spiro atoms. The maximum Gasteiger partial charge on any atom is 0.408 e. The average molecular weight is 240 g/mol. The molecule has 0 aromatic heterocycles. The van der Waals surface area contributed by atoms with Crippen LogP contribution in [0.15, 0.2) is 24.8 Å². The van der Waals surface area contributed by atoms with Gasteiger partial charge in [-0.2, -0.15) is 0 Å². The Morgan fingerprint density at radius 1 is 1.47 bits per heavy atom. The first-order chi connectivity index (χ1) is 7.74. The Hall–Kier alpha value is -1.29. The first-order valence-corrected chi connectivity index (χ1v) is 5.72. The van der Waals surface area contributed by atoms with E-state index in [1.165, 1.54) is 0 Å². The molecule has 0 saturated carbocycles. The second kappa shape index (κ2) is 7.12. The Bertz CT molecular complexity index is 280. The molecule has 0 radical (unpaired) electrons. The van der Waals surface area contributed by atoms with Crippen molar-refractivity contribution in [2.24, 2.45) is 0 Å². The van der Waals surface area contributed by atoms with Gasteiger partial charge >= 0.3 is 6.09 Å². The van der Waals surface area contributed by atoms with Crippen LogP contribution in [0.4, 0.5) is 4.79 Å². The highest BCUT2D eigenvalue weighted by Crippen LogP contribution is 2.06. The van der Waals surface area contributed by atoms with E-state index >= 15 is 0 Å². The highest BCUT2D eigenvalue weighted by Gasteiger charge is 2.17. The van der Waals surface area contributed by atoms with Crippen LogP contribution in [0.2, 0.25) is 0 Å². The Balaban J connectivity index is 4.00. The summed E-state index contributed by atoms with van der Waals surface area (Å²) in [5, 5.41) is 5.89. The summed E-state index contributed by atoms with van der Waals surface area (Å²) in [5.74, 6) is 0. The van der Waals surface area contributed by atoms with Crippen LogP contribution in [0.1, 0.15) is 27.7 Å². The molecule has 0 bridgehead atoms. The molecule has 4 heteroatoms. The topological polar surface area (TPSA) is 50.4 Å². The van der Waals surface area contributed by atoms with Crippen molar-refractivity contribution in [2.75, 3.05) is 13.1 Å². The first kappa shape index (κ1) is 15.7. The SMILES string of the molecule is C=C[C@@H](CNCC(=C)C)NC(=O)OC(C)(C)C. The number of carbonyl (C=O) groups excluding carboxylic acids is 1. The second-order valence-corrected chi connectivity index (χ2v) is 5.08. The summed E-state index contributed by atoms with van der Waals surface area (Å²) in [4.78, 5) is 11.5. The van der Waals surface area contributed by atoms with Crippen LogP contribution in [0.25, 0.3) is 0 Å². The van der Waals surface area contributed by atoms with E-state index in [1.807, 2.05) is 27.7 Å². The molecule has 0 rings (SSSR count). The van der Waals surface area contributed by atoms with Crippen molar-refractivity contribution in [2.45, 2.75) is 39.3 Å². The molecule has 0 aliphatic carbocycles. The minimum Gasteiger partial charge on any atom is -0.444 e. The molecule has 0 saturated heterocycles. The van der Waals surface area contributed by atoms with E-state index in [1.54, 1.807) is 6.08 Å². The van der Waals surface area contributed by atoms with Gasteiger partial charge in [-0.15, -0.1) is 6.58 Å². The predicted octanol–water partition coefficient (Wildman–Crippen LogP) is 2.23. The van der Waals surface area contributed by atoms with Gasteiger partial charge in [-0.3, -0.25) is 0 Å². The number of nitrogens with one attached hydrogen (secondary N) is 2. The molecule has 0 aliphatic rings. The molecule has 4 nitrogen and oxygen atoms in total. The molecule has 98 valence electrons. The Labute approximate surface area is 104 Å². The summed E-state index contributed by atoms with van der Waals surface area (Å²) in [6.07, 6.45) is 1.24. The van der Waals surface area contributed by atoms with Gasteiger partial charge in [0, 0.05) is 13.1 Å². The maximum absolute atomic E-state index is 11.5. The average Bonchev–Trinajstić information content (AvgIpc) is 2.12. The lowest BCUT2D eigenvalue weighted by molar-refractivity contribution is 0.0514. The minimum atomic E-state index is -0.485. The lowest BCUT2D eigenvalue weighted by atomic mass is 10.2. The zero-order valence-corrected chi connectivity index (χ0v) is 11.3. The van der Waals surface area contributed by atoms with Crippen molar-refractivity contribution in [3.63, 3.8) is 0 Å². The van der Waals surface area contributed by atoms with Gasteiger partial charge in [-0.1, -0.05) is 18.2 Å². The van der Waals surface area contributed by atoms with Gasteiger partial charge < -0.3 is 15.4 Å². The Morgan fingerprint density at radius 3 is 2.47 bits per heavy atom. The van der Waals surface area contributed by atoms with Gasteiger partial charge in [-0.05, 0) is 27.7 Å². The lowest BCUT2D eigenvalue weighted by Gasteiger charge is -2.22. The fourth-order valence-corrected chi connectivity index (χ4v) is 1.09. The monoisotopic (exact) mass is 240 g/mol. The lowest BCUT2D eigenvalue weighted by Crippen LogP contribution is -2.43. The Kier molecular flexibility index (Phi) is 6.58.